The average molecular weight is 767 g/mol. The van der Waals surface area contributed by atoms with E-state index in [9.17, 15) is 24.0 Å². The lowest BCUT2D eigenvalue weighted by molar-refractivity contribution is -0.123. The van der Waals surface area contributed by atoms with Crippen LogP contribution in [0.4, 0.5) is 4.39 Å². The van der Waals surface area contributed by atoms with Crippen LogP contribution in [0, 0.1) is 19.7 Å². The lowest BCUT2D eigenvalue weighted by atomic mass is 10.1. The fourth-order valence-electron chi connectivity index (χ4n) is 6.77. The molecule has 2 aliphatic rings. The summed E-state index contributed by atoms with van der Waals surface area (Å²) in [7, 11) is 0. The van der Waals surface area contributed by atoms with E-state index < -0.39 is 47.2 Å². The molecule has 4 amide bonds. The van der Waals surface area contributed by atoms with Crippen molar-refractivity contribution in [1.82, 2.24) is 29.8 Å². The number of nitrogens with one attached hydrogen (secondary N) is 2. The maximum Gasteiger partial charge on any atom is 0.271 e. The molecule has 7 rings (SSSR count). The number of halogens is 1. The molecular formula is C40H39FN6O7S. The van der Waals surface area contributed by atoms with Crippen molar-refractivity contribution in [3.8, 4) is 11.5 Å². The summed E-state index contributed by atoms with van der Waals surface area (Å²) in [5.74, 6) is -2.46. The Kier molecular flexibility index (Phi) is 10.7. The van der Waals surface area contributed by atoms with Gasteiger partial charge in [0.15, 0.2) is 4.96 Å². The fraction of sp³-hybridized carbons (Fsp3) is 0.300. The van der Waals surface area contributed by atoms with Gasteiger partial charge in [0.25, 0.3) is 23.3 Å². The minimum Gasteiger partial charge on any atom is -0.457 e. The Hall–Kier alpha value is -5.93. The maximum atomic E-state index is 15.0. The Morgan fingerprint density at radius 3 is 2.58 bits per heavy atom. The van der Waals surface area contributed by atoms with E-state index in [0.717, 1.165) is 10.4 Å². The van der Waals surface area contributed by atoms with Crippen LogP contribution >= 0.6 is 11.3 Å². The molecule has 13 nitrogen and oxygen atoms in total. The molecule has 2 atom stereocenters. The van der Waals surface area contributed by atoms with Crippen molar-refractivity contribution in [1.29, 1.82) is 0 Å². The number of aryl methyl sites for hydroxylation is 2. The lowest BCUT2D eigenvalue weighted by Gasteiger charge is -2.25. The topological polar surface area (TPSA) is 152 Å². The first-order chi connectivity index (χ1) is 26.5. The van der Waals surface area contributed by atoms with Crippen molar-refractivity contribution in [3.63, 3.8) is 0 Å². The van der Waals surface area contributed by atoms with E-state index in [1.165, 1.54) is 62.1 Å². The summed E-state index contributed by atoms with van der Waals surface area (Å²) in [5, 5.41) is 5.80. The highest BCUT2D eigenvalue weighted by atomic mass is 32.1. The van der Waals surface area contributed by atoms with Crippen LogP contribution in [0.3, 0.4) is 0 Å². The highest BCUT2D eigenvalue weighted by Gasteiger charge is 2.39. The molecule has 0 unspecified atom stereocenters. The zero-order valence-electron chi connectivity index (χ0n) is 30.5. The number of thiazole rings is 1. The molecule has 2 aliphatic heterocycles. The number of carbonyl (C=O) groups excluding carboxylic acids is 4. The number of hydrogen-bond acceptors (Lipinski definition) is 9. The van der Waals surface area contributed by atoms with Gasteiger partial charge in [-0.2, -0.15) is 0 Å². The fourth-order valence-corrected chi connectivity index (χ4v) is 7.70. The van der Waals surface area contributed by atoms with E-state index >= 15 is 4.39 Å². The quantitative estimate of drug-likeness (QED) is 0.254. The van der Waals surface area contributed by atoms with Gasteiger partial charge in [0.1, 0.15) is 22.9 Å². The second-order valence-electron chi connectivity index (χ2n) is 13.6. The van der Waals surface area contributed by atoms with Gasteiger partial charge in [-0.1, -0.05) is 37.3 Å². The summed E-state index contributed by atoms with van der Waals surface area (Å²) in [6.45, 7) is 5.58. The number of ether oxygens (including phenoxy) is 2. The van der Waals surface area contributed by atoms with Crippen LogP contribution in [0.5, 0.6) is 11.5 Å². The van der Waals surface area contributed by atoms with Gasteiger partial charge in [0, 0.05) is 60.1 Å². The summed E-state index contributed by atoms with van der Waals surface area (Å²) >= 11 is 1.35. The van der Waals surface area contributed by atoms with Crippen LogP contribution in [0.15, 0.2) is 77.7 Å². The molecule has 2 N–H and O–H groups in total. The van der Waals surface area contributed by atoms with Gasteiger partial charge >= 0.3 is 0 Å². The highest BCUT2D eigenvalue weighted by molar-refractivity contribution is 7.17. The number of carbonyl (C=O) groups is 4. The highest BCUT2D eigenvalue weighted by Crippen LogP contribution is 2.28. The second kappa shape index (κ2) is 15.8. The number of benzene rings is 3. The number of hydrogen-bond donors (Lipinski definition) is 2. The van der Waals surface area contributed by atoms with Crippen LogP contribution in [0.25, 0.3) is 4.96 Å². The zero-order valence-corrected chi connectivity index (χ0v) is 31.3. The Bertz CT molecular complexity index is 2360. The largest absolute Gasteiger partial charge is 0.457 e. The molecule has 0 radical (unpaired) electrons. The van der Waals surface area contributed by atoms with Gasteiger partial charge in [-0.3, -0.25) is 28.4 Å². The number of nitrogens with zero attached hydrogens (tertiary/aromatic N) is 4. The summed E-state index contributed by atoms with van der Waals surface area (Å²) in [6.07, 6.45) is 1.05. The Balaban J connectivity index is 1.19. The smallest absolute Gasteiger partial charge is 0.271 e. The van der Waals surface area contributed by atoms with Gasteiger partial charge in [-0.25, -0.2) is 9.37 Å². The summed E-state index contributed by atoms with van der Waals surface area (Å²) in [6, 6.07) is 17.0. The third-order valence-electron chi connectivity index (χ3n) is 9.61. The number of fused-ring (bicyclic) bond motifs is 6. The average Bonchev–Trinajstić information content (AvgIpc) is 3.70. The Morgan fingerprint density at radius 2 is 1.80 bits per heavy atom. The van der Waals surface area contributed by atoms with Gasteiger partial charge in [-0.15, -0.1) is 11.3 Å². The molecule has 4 bridgehead atoms. The molecule has 0 saturated carbocycles. The van der Waals surface area contributed by atoms with Gasteiger partial charge in [-0.05, 0) is 61.7 Å². The minimum absolute atomic E-state index is 0.00175. The first-order valence-corrected chi connectivity index (χ1v) is 18.7. The summed E-state index contributed by atoms with van der Waals surface area (Å²) in [5.41, 5.74) is 1.59. The standard InChI is InChI=1S/C40H39FN6O7S/c1-4-10-45-21-35(48)44-33-19-46(38(51)32-18-43-40-47(39(32)52)23(2)24(3)55-40)20-34(33)53-22-26-11-29(41)16-30(12-26)54-31-14-27(13-28(15-31)37(45)50)36(49)42-17-25-8-6-5-7-9-25/h5-9,11-16,18,33-34H,4,10,17,19-22H2,1-3H3,(H,42,49)(H,44,48)/t33-,34-/m1/s1. The van der Waals surface area contributed by atoms with Crippen LogP contribution in [-0.4, -0.2) is 81.1 Å². The van der Waals surface area contributed by atoms with Crippen molar-refractivity contribution in [2.75, 3.05) is 26.2 Å². The molecule has 55 heavy (non-hydrogen) atoms. The maximum absolute atomic E-state index is 15.0. The molecule has 0 aliphatic carbocycles. The zero-order chi connectivity index (χ0) is 38.8. The summed E-state index contributed by atoms with van der Waals surface area (Å²) in [4.78, 5) is 77.0. The molecule has 1 saturated heterocycles. The molecule has 15 heteroatoms. The van der Waals surface area contributed by atoms with Crippen LogP contribution in [0.2, 0.25) is 0 Å². The Labute approximate surface area is 319 Å². The van der Waals surface area contributed by atoms with E-state index in [2.05, 4.69) is 15.6 Å². The first-order valence-electron chi connectivity index (χ1n) is 17.9. The van der Waals surface area contributed by atoms with Gasteiger partial charge in [0.2, 0.25) is 5.91 Å². The molecule has 284 valence electrons. The van der Waals surface area contributed by atoms with E-state index in [1.807, 2.05) is 44.2 Å². The van der Waals surface area contributed by atoms with Gasteiger partial charge in [0.05, 0.1) is 25.3 Å². The monoisotopic (exact) mass is 766 g/mol. The van der Waals surface area contributed by atoms with E-state index in [1.54, 1.807) is 13.0 Å². The minimum atomic E-state index is -0.752. The lowest BCUT2D eigenvalue weighted by Crippen LogP contribution is -2.49. The van der Waals surface area contributed by atoms with Crippen molar-refractivity contribution >= 4 is 39.9 Å². The molecule has 3 aromatic carbocycles. The van der Waals surface area contributed by atoms with Crippen molar-refractivity contribution < 1.29 is 33.0 Å². The predicted molar refractivity (Wildman–Crippen MR) is 202 cm³/mol. The summed E-state index contributed by atoms with van der Waals surface area (Å²) < 4.78 is 28.8. The first kappa shape index (κ1) is 37.4. The Morgan fingerprint density at radius 1 is 1.02 bits per heavy atom. The van der Waals surface area contributed by atoms with Crippen LogP contribution in [-0.2, 0) is 22.7 Å². The van der Waals surface area contributed by atoms with Crippen molar-refractivity contribution in [2.24, 2.45) is 0 Å². The molecular weight excluding hydrogens is 728 g/mol. The number of aromatic nitrogens is 2. The molecule has 4 heterocycles. The molecule has 1 fully saturated rings. The predicted octanol–water partition coefficient (Wildman–Crippen LogP) is 4.63. The van der Waals surface area contributed by atoms with Gasteiger partial charge < -0.3 is 29.9 Å². The van der Waals surface area contributed by atoms with Crippen molar-refractivity contribution in [3.05, 3.63) is 127 Å². The normalized spacial score (nSPS) is 17.5. The second-order valence-corrected chi connectivity index (χ2v) is 14.8. The molecule has 5 aromatic rings. The number of rotatable bonds is 6. The van der Waals surface area contributed by atoms with E-state index in [-0.39, 0.29) is 67.5 Å². The van der Waals surface area contributed by atoms with E-state index in [4.69, 9.17) is 9.47 Å². The number of amides is 4. The van der Waals surface area contributed by atoms with E-state index in [0.29, 0.717) is 22.6 Å². The SMILES string of the molecule is CCCN1CC(=O)N[C@@H]2CN(C(=O)c3cnc4sc(C)c(C)n4c3=O)C[C@H]2OCc2cc(F)cc(c2)Oc2cc(C(=O)NCc3ccccc3)cc(c2)C1=O. The third kappa shape index (κ3) is 8.12. The van der Waals surface area contributed by atoms with Crippen LogP contribution < -0.4 is 20.9 Å². The molecule has 2 aromatic heterocycles. The van der Waals surface area contributed by atoms with Crippen molar-refractivity contribution in [2.45, 2.75) is 52.5 Å². The third-order valence-corrected chi connectivity index (χ3v) is 10.7. The molecule has 0 spiro atoms. The van der Waals surface area contributed by atoms with Crippen LogP contribution in [0.1, 0.15) is 66.1 Å². The number of likely N-dealkylation sites (tertiary alicyclic amines) is 1.